The second-order valence-electron chi connectivity index (χ2n) is 6.34. The normalized spacial score (nSPS) is 15.2. The van der Waals surface area contributed by atoms with Gasteiger partial charge in [0.1, 0.15) is 12.0 Å². The minimum atomic E-state index is -0.346. The SMILES string of the molecule is Fc1c(-c2ccccc2)ncnc1N1CCN(Cc2ccncc2)CC1. The Hall–Kier alpha value is -2.86. The highest BCUT2D eigenvalue weighted by atomic mass is 19.1. The van der Waals surface area contributed by atoms with E-state index >= 15 is 0 Å². The van der Waals surface area contributed by atoms with Gasteiger partial charge in [0, 0.05) is 50.7 Å². The van der Waals surface area contributed by atoms with Gasteiger partial charge in [-0.05, 0) is 17.7 Å². The first kappa shape index (κ1) is 16.6. The van der Waals surface area contributed by atoms with Gasteiger partial charge >= 0.3 is 0 Å². The predicted octanol–water partition coefficient (Wildman–Crippen LogP) is 3.00. The Morgan fingerprint density at radius 1 is 0.885 bits per heavy atom. The average Bonchev–Trinajstić information content (AvgIpc) is 2.70. The monoisotopic (exact) mass is 349 g/mol. The van der Waals surface area contributed by atoms with E-state index in [9.17, 15) is 4.39 Å². The average molecular weight is 349 g/mol. The Kier molecular flexibility index (Phi) is 4.84. The molecule has 0 aliphatic carbocycles. The predicted molar refractivity (Wildman–Crippen MR) is 99.2 cm³/mol. The molecule has 5 nitrogen and oxygen atoms in total. The Balaban J connectivity index is 1.46. The quantitative estimate of drug-likeness (QED) is 0.725. The van der Waals surface area contributed by atoms with Gasteiger partial charge in [0.25, 0.3) is 0 Å². The van der Waals surface area contributed by atoms with E-state index in [1.807, 2.05) is 59.8 Å². The van der Waals surface area contributed by atoms with Crippen molar-refractivity contribution in [3.8, 4) is 11.3 Å². The molecule has 0 N–H and O–H groups in total. The number of nitrogens with zero attached hydrogens (tertiary/aromatic N) is 5. The van der Waals surface area contributed by atoms with Crippen molar-refractivity contribution in [2.45, 2.75) is 6.54 Å². The van der Waals surface area contributed by atoms with E-state index in [1.54, 1.807) is 0 Å². The van der Waals surface area contributed by atoms with Gasteiger partial charge in [-0.15, -0.1) is 0 Å². The highest BCUT2D eigenvalue weighted by molar-refractivity contribution is 5.63. The largest absolute Gasteiger partial charge is 0.352 e. The molecule has 132 valence electrons. The zero-order chi connectivity index (χ0) is 17.8. The number of anilines is 1. The van der Waals surface area contributed by atoms with E-state index in [0.717, 1.165) is 38.3 Å². The molecular formula is C20H20FN5. The fourth-order valence-electron chi connectivity index (χ4n) is 3.24. The molecule has 1 aliphatic heterocycles. The molecule has 0 unspecified atom stereocenters. The van der Waals surface area contributed by atoms with Gasteiger partial charge in [0.05, 0.1) is 0 Å². The van der Waals surface area contributed by atoms with Crippen LogP contribution in [0.3, 0.4) is 0 Å². The number of aromatic nitrogens is 3. The fraction of sp³-hybridized carbons (Fsp3) is 0.250. The zero-order valence-corrected chi connectivity index (χ0v) is 14.4. The molecule has 0 spiro atoms. The fourth-order valence-corrected chi connectivity index (χ4v) is 3.24. The number of piperazine rings is 1. The second-order valence-corrected chi connectivity index (χ2v) is 6.34. The molecule has 3 aromatic rings. The maximum Gasteiger partial charge on any atom is 0.191 e. The van der Waals surface area contributed by atoms with Crippen molar-refractivity contribution in [3.63, 3.8) is 0 Å². The van der Waals surface area contributed by atoms with Crippen LogP contribution in [0.25, 0.3) is 11.3 Å². The molecule has 0 atom stereocenters. The number of hydrogen-bond acceptors (Lipinski definition) is 5. The lowest BCUT2D eigenvalue weighted by Gasteiger charge is -2.35. The van der Waals surface area contributed by atoms with Crippen molar-refractivity contribution < 1.29 is 4.39 Å². The van der Waals surface area contributed by atoms with E-state index in [0.29, 0.717) is 11.5 Å². The number of hydrogen-bond donors (Lipinski definition) is 0. The van der Waals surface area contributed by atoms with E-state index in [4.69, 9.17) is 0 Å². The topological polar surface area (TPSA) is 45.2 Å². The van der Waals surface area contributed by atoms with Crippen LogP contribution in [0, 0.1) is 5.82 Å². The zero-order valence-electron chi connectivity index (χ0n) is 14.4. The van der Waals surface area contributed by atoms with Crippen LogP contribution in [-0.4, -0.2) is 46.0 Å². The van der Waals surface area contributed by atoms with Gasteiger partial charge < -0.3 is 4.90 Å². The molecule has 4 rings (SSSR count). The molecule has 1 aliphatic rings. The van der Waals surface area contributed by atoms with Crippen molar-refractivity contribution in [3.05, 3.63) is 72.6 Å². The first-order valence-electron chi connectivity index (χ1n) is 8.73. The number of halogens is 1. The Labute approximate surface area is 152 Å². The highest BCUT2D eigenvalue weighted by Crippen LogP contribution is 2.26. The maximum atomic E-state index is 15.0. The van der Waals surface area contributed by atoms with Crippen molar-refractivity contribution in [1.82, 2.24) is 19.9 Å². The van der Waals surface area contributed by atoms with Gasteiger partial charge in [0.2, 0.25) is 0 Å². The van der Waals surface area contributed by atoms with Crippen molar-refractivity contribution in [2.24, 2.45) is 0 Å². The Bertz CT molecular complexity index is 849. The summed E-state index contributed by atoms with van der Waals surface area (Å²) >= 11 is 0. The minimum Gasteiger partial charge on any atom is -0.352 e. The summed E-state index contributed by atoms with van der Waals surface area (Å²) in [6.07, 6.45) is 5.07. The van der Waals surface area contributed by atoms with Crippen molar-refractivity contribution in [1.29, 1.82) is 0 Å². The molecule has 1 aromatic carbocycles. The first-order valence-corrected chi connectivity index (χ1v) is 8.73. The summed E-state index contributed by atoms with van der Waals surface area (Å²) in [6.45, 7) is 4.11. The number of rotatable bonds is 4. The van der Waals surface area contributed by atoms with E-state index < -0.39 is 0 Å². The molecule has 3 heterocycles. The summed E-state index contributed by atoms with van der Waals surface area (Å²) in [4.78, 5) is 16.8. The highest BCUT2D eigenvalue weighted by Gasteiger charge is 2.23. The summed E-state index contributed by atoms with van der Waals surface area (Å²) < 4.78 is 15.0. The van der Waals surface area contributed by atoms with E-state index in [2.05, 4.69) is 19.9 Å². The molecule has 0 bridgehead atoms. The Morgan fingerprint density at radius 3 is 2.35 bits per heavy atom. The summed E-state index contributed by atoms with van der Waals surface area (Å²) in [5, 5.41) is 0. The summed E-state index contributed by atoms with van der Waals surface area (Å²) in [5.41, 5.74) is 2.37. The van der Waals surface area contributed by atoms with E-state index in [-0.39, 0.29) is 5.82 Å². The lowest BCUT2D eigenvalue weighted by Crippen LogP contribution is -2.46. The van der Waals surface area contributed by atoms with Crippen LogP contribution in [-0.2, 0) is 6.54 Å². The second kappa shape index (κ2) is 7.58. The van der Waals surface area contributed by atoms with Gasteiger partial charge in [-0.25, -0.2) is 14.4 Å². The van der Waals surface area contributed by atoms with Gasteiger partial charge in [-0.1, -0.05) is 30.3 Å². The van der Waals surface area contributed by atoms with Crippen molar-refractivity contribution in [2.75, 3.05) is 31.1 Å². The third kappa shape index (κ3) is 3.55. The maximum absolute atomic E-state index is 15.0. The molecule has 2 aromatic heterocycles. The van der Waals surface area contributed by atoms with Crippen LogP contribution in [0.5, 0.6) is 0 Å². The molecule has 0 radical (unpaired) electrons. The third-order valence-corrected chi connectivity index (χ3v) is 4.65. The molecule has 6 heteroatoms. The molecule has 1 fully saturated rings. The number of pyridine rings is 1. The van der Waals surface area contributed by atoms with Crippen LogP contribution in [0.4, 0.5) is 10.2 Å². The summed E-state index contributed by atoms with van der Waals surface area (Å²) in [6, 6.07) is 13.5. The minimum absolute atomic E-state index is 0.346. The van der Waals surface area contributed by atoms with Crippen LogP contribution >= 0.6 is 0 Å². The molecular weight excluding hydrogens is 329 g/mol. The van der Waals surface area contributed by atoms with Gasteiger partial charge in [-0.2, -0.15) is 0 Å². The first-order chi connectivity index (χ1) is 12.8. The summed E-state index contributed by atoms with van der Waals surface area (Å²) in [7, 11) is 0. The molecule has 0 amide bonds. The lowest BCUT2D eigenvalue weighted by atomic mass is 10.1. The summed E-state index contributed by atoms with van der Waals surface area (Å²) in [5.74, 6) is 0.0451. The Morgan fingerprint density at radius 2 is 1.62 bits per heavy atom. The van der Waals surface area contributed by atoms with Crippen LogP contribution < -0.4 is 4.90 Å². The smallest absolute Gasteiger partial charge is 0.191 e. The number of benzene rings is 1. The van der Waals surface area contributed by atoms with Crippen LogP contribution in [0.15, 0.2) is 61.2 Å². The lowest BCUT2D eigenvalue weighted by molar-refractivity contribution is 0.248. The van der Waals surface area contributed by atoms with E-state index in [1.165, 1.54) is 11.9 Å². The standard InChI is InChI=1S/C20H20FN5/c21-18-19(17-4-2-1-3-5-17)23-15-24-20(18)26-12-10-25(11-13-26)14-16-6-8-22-9-7-16/h1-9,15H,10-14H2. The van der Waals surface area contributed by atoms with Gasteiger partial charge in [-0.3, -0.25) is 9.88 Å². The molecule has 0 saturated carbocycles. The van der Waals surface area contributed by atoms with Crippen LogP contribution in [0.2, 0.25) is 0 Å². The molecule has 26 heavy (non-hydrogen) atoms. The van der Waals surface area contributed by atoms with Crippen molar-refractivity contribution >= 4 is 5.82 Å². The van der Waals surface area contributed by atoms with Crippen LogP contribution in [0.1, 0.15) is 5.56 Å². The van der Waals surface area contributed by atoms with Gasteiger partial charge in [0.15, 0.2) is 11.6 Å². The third-order valence-electron chi connectivity index (χ3n) is 4.65. The molecule has 1 saturated heterocycles.